The van der Waals surface area contributed by atoms with Crippen molar-refractivity contribution in [2.75, 3.05) is 0 Å². The fourth-order valence-corrected chi connectivity index (χ4v) is 3.88. The molecule has 0 atom stereocenters. The zero-order chi connectivity index (χ0) is 14.9. The number of hydrogen-bond donors (Lipinski definition) is 0. The molecule has 0 spiro atoms. The number of fused-ring (bicyclic) bond motifs is 1. The Hall–Kier alpha value is -2.13. The number of pyridine rings is 1. The highest BCUT2D eigenvalue weighted by atomic mass is 28.3. The zero-order valence-corrected chi connectivity index (χ0v) is 13.6. The van der Waals surface area contributed by atoms with Crippen LogP contribution in [0.5, 0.6) is 11.5 Å². The van der Waals surface area contributed by atoms with E-state index in [2.05, 4.69) is 42.8 Å². The molecular formula is C18H19NOSi. The summed E-state index contributed by atoms with van der Waals surface area (Å²) in [4.78, 5) is 4.46. The minimum absolute atomic E-state index is 0.791. The number of nitrogens with zero attached hydrogens (tertiary/aromatic N) is 1. The van der Waals surface area contributed by atoms with Gasteiger partial charge in [-0.2, -0.15) is 0 Å². The maximum Gasteiger partial charge on any atom is 0.146 e. The molecule has 3 rings (SSSR count). The van der Waals surface area contributed by atoms with Crippen molar-refractivity contribution >= 4 is 24.2 Å². The summed E-state index contributed by atoms with van der Waals surface area (Å²) in [5.41, 5.74) is 0.989. The molecule has 0 aliphatic heterocycles. The first kappa shape index (κ1) is 13.8. The van der Waals surface area contributed by atoms with Crippen molar-refractivity contribution in [2.24, 2.45) is 0 Å². The third-order valence-corrected chi connectivity index (χ3v) is 5.52. The molecule has 0 saturated carbocycles. The second-order valence-corrected chi connectivity index (χ2v) is 11.3. The summed E-state index contributed by atoms with van der Waals surface area (Å²) in [6, 6.07) is 18.4. The van der Waals surface area contributed by atoms with Gasteiger partial charge in [0.05, 0.1) is 19.8 Å². The van der Waals surface area contributed by atoms with Crippen LogP contribution in [0, 0.1) is 0 Å². The molecule has 0 fully saturated rings. The van der Waals surface area contributed by atoms with Gasteiger partial charge in [-0.05, 0) is 23.4 Å². The Labute approximate surface area is 126 Å². The van der Waals surface area contributed by atoms with Gasteiger partial charge in [-0.15, -0.1) is 0 Å². The molecule has 106 valence electrons. The SMILES string of the molecule is C[Si](C)(C)c1ccccc1Oc1cnc2ccccc2c1. The van der Waals surface area contributed by atoms with Crippen molar-refractivity contribution in [1.29, 1.82) is 0 Å². The van der Waals surface area contributed by atoms with Crippen molar-refractivity contribution < 1.29 is 4.74 Å². The van der Waals surface area contributed by atoms with Crippen LogP contribution in [0.3, 0.4) is 0 Å². The van der Waals surface area contributed by atoms with E-state index < -0.39 is 8.07 Å². The van der Waals surface area contributed by atoms with Gasteiger partial charge in [-0.1, -0.05) is 56.0 Å². The second-order valence-electron chi connectivity index (χ2n) is 6.21. The molecule has 0 bridgehead atoms. The predicted molar refractivity (Wildman–Crippen MR) is 91.2 cm³/mol. The minimum atomic E-state index is -1.43. The molecule has 2 aromatic carbocycles. The Morgan fingerprint density at radius 3 is 2.43 bits per heavy atom. The molecule has 2 nitrogen and oxygen atoms in total. The van der Waals surface area contributed by atoms with Crippen LogP contribution in [0.15, 0.2) is 60.8 Å². The van der Waals surface area contributed by atoms with Gasteiger partial charge in [0.1, 0.15) is 11.5 Å². The van der Waals surface area contributed by atoms with E-state index in [1.807, 2.05) is 36.4 Å². The van der Waals surface area contributed by atoms with Gasteiger partial charge < -0.3 is 4.74 Å². The Morgan fingerprint density at radius 1 is 0.905 bits per heavy atom. The van der Waals surface area contributed by atoms with Crippen LogP contribution < -0.4 is 9.92 Å². The molecule has 3 heteroatoms. The highest BCUT2D eigenvalue weighted by Crippen LogP contribution is 2.24. The molecule has 0 unspecified atom stereocenters. The molecule has 0 amide bonds. The number of para-hydroxylation sites is 2. The van der Waals surface area contributed by atoms with Crippen molar-refractivity contribution in [3.8, 4) is 11.5 Å². The Morgan fingerprint density at radius 2 is 1.62 bits per heavy atom. The highest BCUT2D eigenvalue weighted by Gasteiger charge is 2.21. The average molecular weight is 293 g/mol. The fraction of sp³-hybridized carbons (Fsp3) is 0.167. The maximum absolute atomic E-state index is 6.12. The quantitative estimate of drug-likeness (QED) is 0.660. The summed E-state index contributed by atoms with van der Waals surface area (Å²) in [5, 5.41) is 2.43. The van der Waals surface area contributed by atoms with Gasteiger partial charge in [0, 0.05) is 5.39 Å². The average Bonchev–Trinajstić information content (AvgIpc) is 2.46. The smallest absolute Gasteiger partial charge is 0.146 e. The first-order valence-electron chi connectivity index (χ1n) is 7.16. The number of benzene rings is 2. The standard InChI is InChI=1S/C18H19NOSi/c1-21(2,3)18-11-7-6-10-17(18)20-15-12-14-8-4-5-9-16(14)19-13-15/h4-13H,1-3H3. The summed E-state index contributed by atoms with van der Waals surface area (Å²) < 4.78 is 6.12. The van der Waals surface area contributed by atoms with Crippen LogP contribution >= 0.6 is 0 Å². The summed E-state index contributed by atoms with van der Waals surface area (Å²) in [7, 11) is -1.43. The summed E-state index contributed by atoms with van der Waals surface area (Å²) in [6.45, 7) is 6.98. The van der Waals surface area contributed by atoms with Crippen LogP contribution in [0.2, 0.25) is 19.6 Å². The monoisotopic (exact) mass is 293 g/mol. The van der Waals surface area contributed by atoms with Crippen molar-refractivity contribution in [3.05, 3.63) is 60.8 Å². The number of rotatable bonds is 3. The van der Waals surface area contributed by atoms with E-state index in [4.69, 9.17) is 4.74 Å². The van der Waals surface area contributed by atoms with Gasteiger partial charge in [0.15, 0.2) is 0 Å². The van der Waals surface area contributed by atoms with Crippen LogP contribution in [0.1, 0.15) is 0 Å². The van der Waals surface area contributed by atoms with Gasteiger partial charge in [-0.3, -0.25) is 4.98 Å². The third kappa shape index (κ3) is 2.98. The lowest BCUT2D eigenvalue weighted by atomic mass is 10.2. The molecule has 21 heavy (non-hydrogen) atoms. The summed E-state index contributed by atoms with van der Waals surface area (Å²) >= 11 is 0. The molecule has 1 heterocycles. The second kappa shape index (κ2) is 5.33. The van der Waals surface area contributed by atoms with E-state index in [1.54, 1.807) is 6.20 Å². The summed E-state index contributed by atoms with van der Waals surface area (Å²) in [5.74, 6) is 1.74. The van der Waals surface area contributed by atoms with E-state index in [1.165, 1.54) is 5.19 Å². The number of aromatic nitrogens is 1. The van der Waals surface area contributed by atoms with Crippen molar-refractivity contribution in [2.45, 2.75) is 19.6 Å². The van der Waals surface area contributed by atoms with E-state index >= 15 is 0 Å². The number of hydrogen-bond acceptors (Lipinski definition) is 2. The van der Waals surface area contributed by atoms with Crippen LogP contribution in [-0.2, 0) is 0 Å². The molecule has 0 aliphatic carbocycles. The molecule has 0 radical (unpaired) electrons. The lowest BCUT2D eigenvalue weighted by molar-refractivity contribution is 0.485. The minimum Gasteiger partial charge on any atom is -0.456 e. The third-order valence-electron chi connectivity index (χ3n) is 3.49. The highest BCUT2D eigenvalue weighted by molar-refractivity contribution is 6.89. The molecule has 0 saturated heterocycles. The normalized spacial score (nSPS) is 11.6. The van der Waals surface area contributed by atoms with Crippen LogP contribution in [0.25, 0.3) is 10.9 Å². The Bertz CT molecular complexity index is 777. The molecule has 0 N–H and O–H groups in total. The molecule has 0 aliphatic rings. The van der Waals surface area contributed by atoms with Crippen molar-refractivity contribution in [3.63, 3.8) is 0 Å². The van der Waals surface area contributed by atoms with Gasteiger partial charge >= 0.3 is 0 Å². The summed E-state index contributed by atoms with van der Waals surface area (Å²) in [6.07, 6.45) is 1.79. The van der Waals surface area contributed by atoms with Gasteiger partial charge in [-0.25, -0.2) is 0 Å². The Balaban J connectivity index is 1.99. The fourth-order valence-electron chi connectivity index (χ4n) is 2.41. The van der Waals surface area contributed by atoms with Gasteiger partial charge in [0.2, 0.25) is 0 Å². The topological polar surface area (TPSA) is 22.1 Å². The lowest BCUT2D eigenvalue weighted by Crippen LogP contribution is -2.38. The van der Waals surface area contributed by atoms with E-state index in [9.17, 15) is 0 Å². The number of ether oxygens (including phenoxy) is 1. The van der Waals surface area contributed by atoms with E-state index in [-0.39, 0.29) is 0 Å². The molecule has 3 aromatic rings. The van der Waals surface area contributed by atoms with E-state index in [0.717, 1.165) is 22.4 Å². The van der Waals surface area contributed by atoms with Crippen LogP contribution in [-0.4, -0.2) is 13.1 Å². The predicted octanol–water partition coefficient (Wildman–Crippen LogP) is 4.57. The lowest BCUT2D eigenvalue weighted by Gasteiger charge is -2.20. The van der Waals surface area contributed by atoms with Crippen LogP contribution in [0.4, 0.5) is 0 Å². The molecule has 1 aromatic heterocycles. The zero-order valence-electron chi connectivity index (χ0n) is 12.6. The van der Waals surface area contributed by atoms with Crippen molar-refractivity contribution in [1.82, 2.24) is 4.98 Å². The first-order valence-corrected chi connectivity index (χ1v) is 10.7. The molecular weight excluding hydrogens is 274 g/mol. The Kier molecular flexibility index (Phi) is 3.51. The largest absolute Gasteiger partial charge is 0.456 e. The maximum atomic E-state index is 6.12. The first-order chi connectivity index (χ1) is 10.0. The van der Waals surface area contributed by atoms with E-state index in [0.29, 0.717) is 0 Å². The van der Waals surface area contributed by atoms with Gasteiger partial charge in [0.25, 0.3) is 0 Å².